The number of hydrogen-bond donors (Lipinski definition) is 1. The van der Waals surface area contributed by atoms with E-state index >= 15 is 0 Å². The van der Waals surface area contributed by atoms with Gasteiger partial charge in [-0.2, -0.15) is 0 Å². The van der Waals surface area contributed by atoms with Gasteiger partial charge in [-0.3, -0.25) is 0 Å². The number of hydrogen-bond acceptors (Lipinski definition) is 4. The van der Waals surface area contributed by atoms with Crippen LogP contribution in [0, 0.1) is 0 Å². The van der Waals surface area contributed by atoms with Gasteiger partial charge < -0.3 is 19.9 Å². The Morgan fingerprint density at radius 2 is 1.82 bits per heavy atom. The molecule has 2 heterocycles. The van der Waals surface area contributed by atoms with Crippen LogP contribution in [0.3, 0.4) is 0 Å². The first-order chi connectivity index (χ1) is 8.26. The Kier molecular flexibility index (Phi) is 3.39. The molecule has 0 amide bonds. The highest BCUT2D eigenvalue weighted by atomic mass is 16.5. The summed E-state index contributed by atoms with van der Waals surface area (Å²) in [6.07, 6.45) is 6.98. The third kappa shape index (κ3) is 2.65. The quantitative estimate of drug-likeness (QED) is 0.790. The van der Waals surface area contributed by atoms with E-state index in [1.165, 1.54) is 0 Å². The van der Waals surface area contributed by atoms with Gasteiger partial charge >= 0.3 is 0 Å². The first-order valence-electron chi connectivity index (χ1n) is 6.89. The molecule has 0 aromatic rings. The van der Waals surface area contributed by atoms with Crippen LogP contribution in [0.1, 0.15) is 38.5 Å². The molecule has 1 spiro atoms. The van der Waals surface area contributed by atoms with Crippen LogP contribution in [-0.4, -0.2) is 43.7 Å². The second kappa shape index (κ2) is 4.84. The van der Waals surface area contributed by atoms with E-state index in [-0.39, 0.29) is 5.60 Å². The van der Waals surface area contributed by atoms with Crippen molar-refractivity contribution in [1.29, 1.82) is 0 Å². The number of rotatable bonds is 2. The Morgan fingerprint density at radius 3 is 2.53 bits per heavy atom. The lowest BCUT2D eigenvalue weighted by atomic mass is 9.84. The maximum atomic E-state index is 6.12. The summed E-state index contributed by atoms with van der Waals surface area (Å²) >= 11 is 0. The van der Waals surface area contributed by atoms with E-state index in [4.69, 9.17) is 19.9 Å². The summed E-state index contributed by atoms with van der Waals surface area (Å²) in [5.74, 6) is 0. The highest BCUT2D eigenvalue weighted by Gasteiger charge is 2.41. The molecule has 1 aliphatic carbocycles. The molecule has 98 valence electrons. The Bertz CT molecular complexity index is 254. The summed E-state index contributed by atoms with van der Waals surface area (Å²) in [5.41, 5.74) is 5.84. The predicted octanol–water partition coefficient (Wildman–Crippen LogP) is 1.22. The fourth-order valence-corrected chi connectivity index (χ4v) is 3.18. The second-order valence-electron chi connectivity index (χ2n) is 5.75. The molecule has 0 aromatic carbocycles. The zero-order valence-corrected chi connectivity index (χ0v) is 10.4. The van der Waals surface area contributed by atoms with Crippen LogP contribution >= 0.6 is 0 Å². The van der Waals surface area contributed by atoms with Gasteiger partial charge in [-0.05, 0) is 32.1 Å². The third-order valence-electron chi connectivity index (χ3n) is 4.37. The highest BCUT2D eigenvalue weighted by molar-refractivity contribution is 4.91. The lowest BCUT2D eigenvalue weighted by Crippen LogP contribution is -2.49. The SMILES string of the molecule is NC1CC(OC2CCOC3(CCOCC3)C2)C1. The van der Waals surface area contributed by atoms with Gasteiger partial charge in [0.05, 0.1) is 17.8 Å². The molecule has 0 aromatic heterocycles. The average molecular weight is 241 g/mol. The first-order valence-corrected chi connectivity index (χ1v) is 6.89. The molecule has 1 saturated carbocycles. The maximum Gasteiger partial charge on any atom is 0.0751 e. The molecule has 17 heavy (non-hydrogen) atoms. The van der Waals surface area contributed by atoms with Crippen molar-refractivity contribution in [2.45, 2.75) is 62.4 Å². The normalized spacial score (nSPS) is 41.1. The van der Waals surface area contributed by atoms with Crippen molar-refractivity contribution >= 4 is 0 Å². The Morgan fingerprint density at radius 1 is 1.06 bits per heavy atom. The zero-order valence-electron chi connectivity index (χ0n) is 10.4. The molecule has 1 atom stereocenters. The molecule has 0 bridgehead atoms. The van der Waals surface area contributed by atoms with Gasteiger partial charge in [0.25, 0.3) is 0 Å². The molecular weight excluding hydrogens is 218 g/mol. The molecule has 2 N–H and O–H groups in total. The smallest absolute Gasteiger partial charge is 0.0751 e. The fraction of sp³-hybridized carbons (Fsp3) is 1.00. The largest absolute Gasteiger partial charge is 0.381 e. The second-order valence-corrected chi connectivity index (χ2v) is 5.75. The lowest BCUT2D eigenvalue weighted by Gasteiger charge is -2.45. The van der Waals surface area contributed by atoms with E-state index in [2.05, 4.69) is 0 Å². The summed E-state index contributed by atoms with van der Waals surface area (Å²) in [6.45, 7) is 2.51. The van der Waals surface area contributed by atoms with Crippen molar-refractivity contribution in [3.8, 4) is 0 Å². The Balaban J connectivity index is 1.52. The van der Waals surface area contributed by atoms with E-state index < -0.39 is 0 Å². The van der Waals surface area contributed by atoms with Crippen molar-refractivity contribution in [1.82, 2.24) is 0 Å². The molecular formula is C13H23NO3. The van der Waals surface area contributed by atoms with Crippen molar-refractivity contribution in [2.75, 3.05) is 19.8 Å². The monoisotopic (exact) mass is 241 g/mol. The topological polar surface area (TPSA) is 53.7 Å². The van der Waals surface area contributed by atoms with Crippen molar-refractivity contribution in [3.05, 3.63) is 0 Å². The van der Waals surface area contributed by atoms with Gasteiger partial charge in [0, 0.05) is 32.3 Å². The molecule has 4 nitrogen and oxygen atoms in total. The van der Waals surface area contributed by atoms with Gasteiger partial charge in [-0.15, -0.1) is 0 Å². The van der Waals surface area contributed by atoms with Crippen LogP contribution in [0.4, 0.5) is 0 Å². The van der Waals surface area contributed by atoms with Crippen LogP contribution < -0.4 is 5.73 Å². The molecule has 2 aliphatic heterocycles. The van der Waals surface area contributed by atoms with Crippen LogP contribution in [0.25, 0.3) is 0 Å². The Labute approximate surface area is 103 Å². The molecule has 3 fully saturated rings. The van der Waals surface area contributed by atoms with Crippen molar-refractivity contribution < 1.29 is 14.2 Å². The van der Waals surface area contributed by atoms with Gasteiger partial charge in [0.1, 0.15) is 0 Å². The summed E-state index contributed by atoms with van der Waals surface area (Å²) < 4.78 is 17.6. The van der Waals surface area contributed by atoms with Gasteiger partial charge in [-0.1, -0.05) is 0 Å². The maximum absolute atomic E-state index is 6.12. The zero-order chi connectivity index (χ0) is 11.7. The van der Waals surface area contributed by atoms with Crippen LogP contribution in [0.2, 0.25) is 0 Å². The minimum atomic E-state index is 0.0486. The summed E-state index contributed by atoms with van der Waals surface area (Å²) in [6, 6.07) is 0.372. The first kappa shape index (κ1) is 11.9. The van der Waals surface area contributed by atoms with Gasteiger partial charge in [0.2, 0.25) is 0 Å². The van der Waals surface area contributed by atoms with E-state index in [0.717, 1.165) is 58.3 Å². The third-order valence-corrected chi connectivity index (χ3v) is 4.37. The molecule has 0 radical (unpaired) electrons. The van der Waals surface area contributed by atoms with Crippen LogP contribution in [0.5, 0.6) is 0 Å². The number of ether oxygens (including phenoxy) is 3. The van der Waals surface area contributed by atoms with E-state index in [9.17, 15) is 0 Å². The molecule has 2 saturated heterocycles. The predicted molar refractivity (Wildman–Crippen MR) is 63.8 cm³/mol. The van der Waals surface area contributed by atoms with Gasteiger partial charge in [-0.25, -0.2) is 0 Å². The van der Waals surface area contributed by atoms with Crippen molar-refractivity contribution in [3.63, 3.8) is 0 Å². The highest BCUT2D eigenvalue weighted by Crippen LogP contribution is 2.37. The minimum Gasteiger partial charge on any atom is -0.381 e. The number of nitrogens with two attached hydrogens (primary N) is 1. The van der Waals surface area contributed by atoms with Crippen LogP contribution in [0.15, 0.2) is 0 Å². The summed E-state index contributed by atoms with van der Waals surface area (Å²) in [7, 11) is 0. The Hall–Kier alpha value is -0.160. The fourth-order valence-electron chi connectivity index (χ4n) is 3.18. The lowest BCUT2D eigenvalue weighted by molar-refractivity contribution is -0.185. The van der Waals surface area contributed by atoms with E-state index in [1.807, 2.05) is 0 Å². The van der Waals surface area contributed by atoms with Crippen LogP contribution in [-0.2, 0) is 14.2 Å². The molecule has 4 heteroatoms. The molecule has 3 rings (SSSR count). The average Bonchev–Trinajstić information content (AvgIpc) is 2.28. The van der Waals surface area contributed by atoms with Crippen molar-refractivity contribution in [2.24, 2.45) is 5.73 Å². The standard InChI is InChI=1S/C13H23NO3/c14-10-7-12(8-10)17-11-1-4-16-13(9-11)2-5-15-6-3-13/h10-12H,1-9,14H2. The molecule has 3 aliphatic rings. The summed E-state index contributed by atoms with van der Waals surface area (Å²) in [4.78, 5) is 0. The van der Waals surface area contributed by atoms with E-state index in [1.54, 1.807) is 0 Å². The molecule has 1 unspecified atom stereocenters. The van der Waals surface area contributed by atoms with E-state index in [0.29, 0.717) is 18.2 Å². The minimum absolute atomic E-state index is 0.0486. The summed E-state index contributed by atoms with van der Waals surface area (Å²) in [5, 5.41) is 0. The van der Waals surface area contributed by atoms with Gasteiger partial charge in [0.15, 0.2) is 0 Å².